The van der Waals surface area contributed by atoms with Crippen LogP contribution in [0, 0.1) is 0 Å². The van der Waals surface area contributed by atoms with Crippen molar-refractivity contribution in [3.63, 3.8) is 0 Å². The first-order valence-electron chi connectivity index (χ1n) is 1.23. The van der Waals surface area contributed by atoms with Gasteiger partial charge in [-0.25, -0.2) is 0 Å². The second-order valence-electron chi connectivity index (χ2n) is 0.785. The van der Waals surface area contributed by atoms with Crippen molar-refractivity contribution in [2.24, 2.45) is 0 Å². The largest absolute Gasteiger partial charge is 1.00 e. The SMILES string of the molecule is O=C([O-])C(F)(F)Cl.[Cu+]. The van der Waals surface area contributed by atoms with E-state index in [2.05, 4.69) is 11.6 Å². The topological polar surface area (TPSA) is 40.1 Å². The molecule has 0 rings (SSSR count). The molecule has 0 amide bonds. The summed E-state index contributed by atoms with van der Waals surface area (Å²) in [6, 6.07) is 0. The standard InChI is InChI=1S/C2HClF2O2.Cu/c3-2(4,5)1(6)7;/h(H,6,7);/q;+1/p-1. The van der Waals surface area contributed by atoms with Crippen LogP contribution in [0.2, 0.25) is 0 Å². The molecule has 0 radical (unpaired) electrons. The quantitative estimate of drug-likeness (QED) is 0.418. The summed E-state index contributed by atoms with van der Waals surface area (Å²) in [5.74, 6) is -2.57. The molecule has 52 valence electrons. The van der Waals surface area contributed by atoms with Crippen molar-refractivity contribution in [3.8, 4) is 0 Å². The first-order valence-corrected chi connectivity index (χ1v) is 1.60. The third kappa shape index (κ3) is 4.30. The van der Waals surface area contributed by atoms with Crippen LogP contribution >= 0.6 is 11.6 Å². The Kier molecular flexibility index (Phi) is 4.43. The average molecular weight is 193 g/mol. The number of carboxylic acid groups (broad SMARTS) is 1. The fourth-order valence-electron chi connectivity index (χ4n) is 0. The fourth-order valence-corrected chi connectivity index (χ4v) is 0. The van der Waals surface area contributed by atoms with E-state index in [9.17, 15) is 8.78 Å². The molecule has 0 N–H and O–H groups in total. The number of hydrogen-bond acceptors (Lipinski definition) is 2. The van der Waals surface area contributed by atoms with Crippen LogP contribution in [0.25, 0.3) is 0 Å². The summed E-state index contributed by atoms with van der Waals surface area (Å²) in [6.07, 6.45) is 0. The molecule has 0 fully saturated rings. The predicted octanol–water partition coefficient (Wildman–Crippen LogP) is -0.435. The van der Waals surface area contributed by atoms with Gasteiger partial charge in [-0.3, -0.25) is 0 Å². The third-order valence-corrected chi connectivity index (χ3v) is 0.386. The van der Waals surface area contributed by atoms with E-state index in [4.69, 9.17) is 9.90 Å². The molecular formula is C2ClCuF2O2. The van der Waals surface area contributed by atoms with Gasteiger partial charge in [0.2, 0.25) is 0 Å². The van der Waals surface area contributed by atoms with Crippen LogP contribution in [0.15, 0.2) is 0 Å². The van der Waals surface area contributed by atoms with Crippen LogP contribution in [0.3, 0.4) is 0 Å². The van der Waals surface area contributed by atoms with E-state index >= 15 is 0 Å². The Morgan fingerprint density at radius 1 is 1.62 bits per heavy atom. The number of alkyl halides is 3. The van der Waals surface area contributed by atoms with Gasteiger partial charge in [0, 0.05) is 0 Å². The number of rotatable bonds is 1. The Hall–Kier alpha value is 0.139. The first-order chi connectivity index (χ1) is 2.94. The molecule has 0 atom stereocenters. The minimum absolute atomic E-state index is 0. The summed E-state index contributed by atoms with van der Waals surface area (Å²) < 4.78 is 21.9. The average Bonchev–Trinajstić information content (AvgIpc) is 1.31. The van der Waals surface area contributed by atoms with Crippen molar-refractivity contribution < 1.29 is 35.8 Å². The molecule has 0 saturated carbocycles. The van der Waals surface area contributed by atoms with E-state index in [1.807, 2.05) is 0 Å². The van der Waals surface area contributed by atoms with Gasteiger partial charge in [-0.2, -0.15) is 8.78 Å². The van der Waals surface area contributed by atoms with Crippen molar-refractivity contribution in [1.82, 2.24) is 0 Å². The summed E-state index contributed by atoms with van der Waals surface area (Å²) in [7, 11) is 0. The van der Waals surface area contributed by atoms with Crippen molar-refractivity contribution in [3.05, 3.63) is 0 Å². The van der Waals surface area contributed by atoms with E-state index in [1.54, 1.807) is 0 Å². The Morgan fingerprint density at radius 2 is 1.75 bits per heavy atom. The normalized spacial score (nSPS) is 9.88. The number of hydrogen-bond donors (Lipinski definition) is 0. The van der Waals surface area contributed by atoms with Crippen LogP contribution in [0.5, 0.6) is 0 Å². The predicted molar refractivity (Wildman–Crippen MR) is 15.8 cm³/mol. The molecule has 0 aromatic carbocycles. The van der Waals surface area contributed by atoms with Crippen LogP contribution in [0.1, 0.15) is 0 Å². The maximum absolute atomic E-state index is 10.9. The van der Waals surface area contributed by atoms with Gasteiger partial charge in [0.05, 0.1) is 0 Å². The van der Waals surface area contributed by atoms with Crippen LogP contribution in [-0.2, 0) is 21.9 Å². The van der Waals surface area contributed by atoms with Crippen LogP contribution in [0.4, 0.5) is 8.78 Å². The van der Waals surface area contributed by atoms with E-state index in [-0.39, 0.29) is 17.1 Å². The van der Waals surface area contributed by atoms with E-state index in [1.165, 1.54) is 0 Å². The number of carbonyl (C=O) groups is 1. The first kappa shape index (κ1) is 11.0. The Bertz CT molecular complexity index is 90.5. The van der Waals surface area contributed by atoms with Gasteiger partial charge < -0.3 is 9.90 Å². The smallest absolute Gasteiger partial charge is 0.543 e. The molecule has 8 heavy (non-hydrogen) atoms. The molecular weight excluding hydrogens is 193 g/mol. The molecule has 0 aromatic heterocycles. The second-order valence-corrected chi connectivity index (χ2v) is 1.26. The zero-order valence-electron chi connectivity index (χ0n) is 3.25. The Morgan fingerprint density at radius 3 is 1.75 bits per heavy atom. The Balaban J connectivity index is 0. The fraction of sp³-hybridized carbons (Fsp3) is 0.500. The summed E-state index contributed by atoms with van der Waals surface area (Å²) in [6.45, 7) is 0. The number of aliphatic carboxylic acids is 1. The zero-order chi connectivity index (χ0) is 6.08. The molecule has 0 saturated heterocycles. The summed E-state index contributed by atoms with van der Waals surface area (Å²) in [5, 5.41) is 4.81. The molecule has 0 bridgehead atoms. The van der Waals surface area contributed by atoms with Gasteiger partial charge >= 0.3 is 22.5 Å². The van der Waals surface area contributed by atoms with Gasteiger partial charge in [0.15, 0.2) is 0 Å². The molecule has 0 heterocycles. The van der Waals surface area contributed by atoms with Crippen LogP contribution in [-0.4, -0.2) is 11.4 Å². The van der Waals surface area contributed by atoms with Crippen molar-refractivity contribution in [2.75, 3.05) is 0 Å². The number of halogens is 3. The summed E-state index contributed by atoms with van der Waals surface area (Å²) in [5.41, 5.74) is 0. The van der Waals surface area contributed by atoms with Gasteiger partial charge in [0.1, 0.15) is 5.97 Å². The van der Waals surface area contributed by atoms with Gasteiger partial charge in [-0.15, -0.1) is 0 Å². The van der Waals surface area contributed by atoms with Gasteiger partial charge in [0.25, 0.3) is 0 Å². The molecule has 0 spiro atoms. The molecule has 0 aliphatic rings. The van der Waals surface area contributed by atoms with Crippen LogP contribution < -0.4 is 5.11 Å². The van der Waals surface area contributed by atoms with E-state index < -0.39 is 11.4 Å². The van der Waals surface area contributed by atoms with E-state index in [0.29, 0.717) is 0 Å². The molecule has 0 aliphatic carbocycles. The maximum Gasteiger partial charge on any atom is 1.00 e. The Labute approximate surface area is 59.3 Å². The maximum atomic E-state index is 10.9. The second kappa shape index (κ2) is 3.22. The minimum Gasteiger partial charge on any atom is -0.543 e. The van der Waals surface area contributed by atoms with Gasteiger partial charge in [-0.1, -0.05) is 0 Å². The molecule has 6 heteroatoms. The number of carbonyl (C=O) groups excluding carboxylic acids is 1. The summed E-state index contributed by atoms with van der Waals surface area (Å²) >= 11 is 3.87. The number of carboxylic acids is 1. The molecule has 0 aliphatic heterocycles. The zero-order valence-corrected chi connectivity index (χ0v) is 4.95. The van der Waals surface area contributed by atoms with Crippen molar-refractivity contribution in [1.29, 1.82) is 0 Å². The van der Waals surface area contributed by atoms with Crippen molar-refractivity contribution >= 4 is 17.6 Å². The minimum atomic E-state index is -4.22. The third-order valence-electron chi connectivity index (χ3n) is 0.231. The van der Waals surface area contributed by atoms with E-state index in [0.717, 1.165) is 0 Å². The monoisotopic (exact) mass is 192 g/mol. The van der Waals surface area contributed by atoms with Crippen molar-refractivity contribution in [2.45, 2.75) is 5.38 Å². The molecule has 2 nitrogen and oxygen atoms in total. The van der Waals surface area contributed by atoms with Gasteiger partial charge in [-0.05, 0) is 11.6 Å². The summed E-state index contributed by atoms with van der Waals surface area (Å²) in [4.78, 5) is 9.03. The molecule has 0 unspecified atom stereocenters. The molecule has 0 aromatic rings.